The number of allylic oxidation sites excluding steroid dienone is 3. The number of aromatic nitrogens is 3. The fourth-order valence-electron chi connectivity index (χ4n) is 4.39. The molecule has 1 aromatic carbocycles. The number of dihydropyridines is 1. The summed E-state index contributed by atoms with van der Waals surface area (Å²) in [7, 11) is 0. The predicted molar refractivity (Wildman–Crippen MR) is 138 cm³/mol. The van der Waals surface area contributed by atoms with E-state index in [1.807, 2.05) is 18.5 Å². The minimum atomic E-state index is 0.791. The zero-order valence-electron chi connectivity index (χ0n) is 19.3. The normalized spacial score (nSPS) is 13.5. The van der Waals surface area contributed by atoms with Gasteiger partial charge in [-0.15, -0.1) is 0 Å². The third-order valence-electron chi connectivity index (χ3n) is 6.11. The van der Waals surface area contributed by atoms with E-state index in [-0.39, 0.29) is 0 Å². The minimum absolute atomic E-state index is 0.791. The van der Waals surface area contributed by atoms with Crippen LogP contribution in [0.1, 0.15) is 35.7 Å². The highest BCUT2D eigenvalue weighted by molar-refractivity contribution is 5.90. The van der Waals surface area contributed by atoms with Crippen LogP contribution in [0.25, 0.3) is 39.6 Å². The largest absolute Gasteiger partial charge is 0.387 e. The van der Waals surface area contributed by atoms with Crippen LogP contribution in [0, 0.1) is 13.8 Å². The molecule has 3 aromatic heterocycles. The fourth-order valence-corrected chi connectivity index (χ4v) is 4.39. The zero-order chi connectivity index (χ0) is 22.8. The first-order chi connectivity index (χ1) is 16.2. The molecule has 5 rings (SSSR count). The van der Waals surface area contributed by atoms with Crippen molar-refractivity contribution >= 4 is 22.6 Å². The van der Waals surface area contributed by atoms with E-state index in [1.54, 1.807) is 6.20 Å². The molecular formula is C29H28N4. The highest BCUT2D eigenvalue weighted by Gasteiger charge is 2.17. The maximum absolute atomic E-state index is 5.15. The summed E-state index contributed by atoms with van der Waals surface area (Å²) >= 11 is 0. The third kappa shape index (κ3) is 4.00. The number of nitrogens with one attached hydrogen (secondary N) is 1. The van der Waals surface area contributed by atoms with E-state index in [0.29, 0.717) is 0 Å². The third-order valence-corrected chi connectivity index (χ3v) is 6.11. The van der Waals surface area contributed by atoms with Gasteiger partial charge in [0.2, 0.25) is 0 Å². The van der Waals surface area contributed by atoms with Crippen molar-refractivity contribution in [3.05, 3.63) is 102 Å². The van der Waals surface area contributed by atoms with Crippen LogP contribution >= 0.6 is 0 Å². The summed E-state index contributed by atoms with van der Waals surface area (Å²) in [6, 6.07) is 15.1. The lowest BCUT2D eigenvalue weighted by Crippen LogP contribution is -2.12. The zero-order valence-corrected chi connectivity index (χ0v) is 19.3. The Morgan fingerprint density at radius 2 is 2.00 bits per heavy atom. The van der Waals surface area contributed by atoms with Gasteiger partial charge in [0.15, 0.2) is 0 Å². The van der Waals surface area contributed by atoms with Crippen LogP contribution in [-0.2, 0) is 0 Å². The molecule has 33 heavy (non-hydrogen) atoms. The van der Waals surface area contributed by atoms with Gasteiger partial charge in [-0.3, -0.25) is 9.55 Å². The van der Waals surface area contributed by atoms with Crippen LogP contribution in [-0.4, -0.2) is 21.1 Å². The Bertz CT molecular complexity index is 1400. The van der Waals surface area contributed by atoms with Crippen LogP contribution in [0.15, 0.2) is 79.3 Å². The van der Waals surface area contributed by atoms with Crippen molar-refractivity contribution in [2.45, 2.75) is 27.2 Å². The molecule has 0 amide bonds. The summed E-state index contributed by atoms with van der Waals surface area (Å²) < 4.78 is 2.30. The highest BCUT2D eigenvalue weighted by Crippen LogP contribution is 2.33. The molecule has 1 N–H and O–H groups in total. The van der Waals surface area contributed by atoms with E-state index in [0.717, 1.165) is 35.6 Å². The molecule has 4 nitrogen and oxygen atoms in total. The second-order valence-corrected chi connectivity index (χ2v) is 8.45. The molecular weight excluding hydrogens is 404 g/mol. The lowest BCUT2D eigenvalue weighted by Gasteiger charge is -2.16. The summed E-state index contributed by atoms with van der Waals surface area (Å²) in [5.74, 6) is 0.916. The van der Waals surface area contributed by atoms with E-state index < -0.39 is 0 Å². The van der Waals surface area contributed by atoms with Crippen molar-refractivity contribution in [1.82, 2.24) is 19.9 Å². The van der Waals surface area contributed by atoms with Gasteiger partial charge >= 0.3 is 0 Å². The first-order valence-electron chi connectivity index (χ1n) is 11.5. The van der Waals surface area contributed by atoms with Crippen molar-refractivity contribution in [2.24, 2.45) is 0 Å². The van der Waals surface area contributed by atoms with Gasteiger partial charge in [0.1, 0.15) is 5.82 Å². The van der Waals surface area contributed by atoms with E-state index in [4.69, 9.17) is 4.98 Å². The van der Waals surface area contributed by atoms with Crippen LogP contribution in [0.4, 0.5) is 0 Å². The Hall–Kier alpha value is -3.92. The Balaban J connectivity index is 1.81. The van der Waals surface area contributed by atoms with Gasteiger partial charge in [0.05, 0.1) is 16.9 Å². The molecule has 0 saturated carbocycles. The minimum Gasteiger partial charge on any atom is -0.387 e. The second-order valence-electron chi connectivity index (χ2n) is 8.45. The molecule has 0 fully saturated rings. The Labute approximate surface area is 195 Å². The summed E-state index contributed by atoms with van der Waals surface area (Å²) in [5, 5.41) is 4.60. The average molecular weight is 433 g/mol. The molecule has 0 atom stereocenters. The maximum Gasteiger partial charge on any atom is 0.138 e. The number of rotatable bonds is 5. The van der Waals surface area contributed by atoms with Gasteiger partial charge in [-0.2, -0.15) is 0 Å². The summed E-state index contributed by atoms with van der Waals surface area (Å²) in [4.78, 5) is 9.48. The number of fused-ring (bicyclic) bond motifs is 1. The summed E-state index contributed by atoms with van der Waals surface area (Å²) in [6.45, 7) is 7.31. The van der Waals surface area contributed by atoms with Crippen LogP contribution in [0.2, 0.25) is 0 Å². The molecule has 0 spiro atoms. The lowest BCUT2D eigenvalue weighted by atomic mass is 10.0. The highest BCUT2D eigenvalue weighted by atomic mass is 15.1. The molecule has 0 radical (unpaired) electrons. The maximum atomic E-state index is 5.15. The number of pyridine rings is 2. The van der Waals surface area contributed by atoms with Crippen molar-refractivity contribution in [3.8, 4) is 17.1 Å². The predicted octanol–water partition coefficient (Wildman–Crippen LogP) is 6.63. The SMILES string of the molecule is CC/C=C\c1c(C)c2cc(C)ccc2n1-c1cc(C2=CC=CNC2)cc(-c2cccnc2)n1. The Kier molecular flexibility index (Phi) is 5.66. The molecule has 0 bridgehead atoms. The van der Waals surface area contributed by atoms with Crippen LogP contribution in [0.3, 0.4) is 0 Å². The molecule has 1 aliphatic heterocycles. The van der Waals surface area contributed by atoms with Gasteiger partial charge in [0, 0.05) is 29.9 Å². The molecule has 0 unspecified atom stereocenters. The van der Waals surface area contributed by atoms with Crippen molar-refractivity contribution < 1.29 is 0 Å². The number of aryl methyl sites for hydroxylation is 2. The van der Waals surface area contributed by atoms with Crippen molar-refractivity contribution in [3.63, 3.8) is 0 Å². The van der Waals surface area contributed by atoms with Crippen molar-refractivity contribution in [1.29, 1.82) is 0 Å². The van der Waals surface area contributed by atoms with E-state index in [9.17, 15) is 0 Å². The van der Waals surface area contributed by atoms with E-state index in [1.165, 1.54) is 33.3 Å². The molecule has 4 aromatic rings. The number of hydrogen-bond donors (Lipinski definition) is 1. The number of hydrogen-bond acceptors (Lipinski definition) is 3. The first-order valence-corrected chi connectivity index (χ1v) is 11.5. The quantitative estimate of drug-likeness (QED) is 0.385. The van der Waals surface area contributed by atoms with Crippen molar-refractivity contribution in [2.75, 3.05) is 6.54 Å². The van der Waals surface area contributed by atoms with Gasteiger partial charge < -0.3 is 5.32 Å². The standard InChI is InChI=1S/C29H28N4/c1-4-5-10-27-21(3)25-15-20(2)11-12-28(25)33(27)29-17-24(22-8-6-13-30-18-22)16-26(32-29)23-9-7-14-31-19-23/h5-17,19,30H,4,18H2,1-3H3/b10-5-. The Morgan fingerprint density at radius 3 is 2.76 bits per heavy atom. The molecule has 0 aliphatic carbocycles. The van der Waals surface area contributed by atoms with E-state index >= 15 is 0 Å². The summed E-state index contributed by atoms with van der Waals surface area (Å²) in [5.41, 5.74) is 9.21. The van der Waals surface area contributed by atoms with Gasteiger partial charge in [-0.05, 0) is 91.7 Å². The van der Waals surface area contributed by atoms with Gasteiger partial charge in [0.25, 0.3) is 0 Å². The monoisotopic (exact) mass is 432 g/mol. The molecule has 4 heteroatoms. The van der Waals surface area contributed by atoms with Crippen LogP contribution < -0.4 is 5.32 Å². The molecule has 164 valence electrons. The molecule has 0 saturated heterocycles. The molecule has 1 aliphatic rings. The second kappa shape index (κ2) is 8.91. The number of benzene rings is 1. The average Bonchev–Trinajstić information content (AvgIpc) is 3.14. The van der Waals surface area contributed by atoms with Crippen LogP contribution in [0.5, 0.6) is 0 Å². The topological polar surface area (TPSA) is 42.7 Å². The van der Waals surface area contributed by atoms with E-state index in [2.05, 4.69) is 96.3 Å². The van der Waals surface area contributed by atoms with Gasteiger partial charge in [-0.1, -0.05) is 30.7 Å². The first kappa shape index (κ1) is 21.0. The fraction of sp³-hybridized carbons (Fsp3) is 0.172. The van der Waals surface area contributed by atoms with Gasteiger partial charge in [-0.25, -0.2) is 4.98 Å². The number of nitrogens with zero attached hydrogens (tertiary/aromatic N) is 3. The Morgan fingerprint density at radius 1 is 1.09 bits per heavy atom. The molecule has 4 heterocycles. The smallest absolute Gasteiger partial charge is 0.138 e. The summed E-state index contributed by atoms with van der Waals surface area (Å²) in [6.07, 6.45) is 15.3. The lowest BCUT2D eigenvalue weighted by molar-refractivity contribution is 0.980.